The number of rotatable bonds is 11. The molecule has 8 nitrogen and oxygen atoms in total. The second-order valence-corrected chi connectivity index (χ2v) is 6.98. The van der Waals surface area contributed by atoms with Gasteiger partial charge in [0.1, 0.15) is 23.0 Å². The van der Waals surface area contributed by atoms with Crippen LogP contribution in [0.4, 0.5) is 8.78 Å². The van der Waals surface area contributed by atoms with Crippen molar-refractivity contribution >= 4 is 17.5 Å². The number of hydrogen-bond acceptors (Lipinski definition) is 8. The molecular weight excluding hydrogens is 410 g/mol. The van der Waals surface area contributed by atoms with Gasteiger partial charge in [-0.3, -0.25) is 9.69 Å². The van der Waals surface area contributed by atoms with Crippen LogP contribution in [0.3, 0.4) is 0 Å². The van der Waals surface area contributed by atoms with Crippen molar-refractivity contribution in [2.24, 2.45) is 5.73 Å². The molecule has 1 fully saturated rings. The molecule has 0 saturated carbocycles. The zero-order valence-electron chi connectivity index (χ0n) is 17.5. The summed E-state index contributed by atoms with van der Waals surface area (Å²) in [5.74, 6) is -3.66. The van der Waals surface area contributed by atoms with Gasteiger partial charge in [0.05, 0.1) is 18.8 Å². The lowest BCUT2D eigenvalue weighted by Crippen LogP contribution is -2.38. The minimum atomic E-state index is -1.04. The number of Topliss-reactive ketones (excluding diaryl/α,β-unsaturated/α-hetero) is 1. The highest BCUT2D eigenvalue weighted by molar-refractivity contribution is 6.19. The standard InChI is InChI=1S/C21H28F2N4O4/c1-2-17(24)19(20(25)26-6-3-7-27-8-10-30-11-9-27)21(29)31-13-18(28)15-5-4-14(22)12-16(15)23/h4-5,12,24,26H,2-3,6-11,13,25H2,1H3/b20-19+,24-17?. The van der Waals surface area contributed by atoms with Crippen molar-refractivity contribution in [3.8, 4) is 0 Å². The van der Waals surface area contributed by atoms with Gasteiger partial charge < -0.3 is 25.9 Å². The Morgan fingerprint density at radius 2 is 2.00 bits per heavy atom. The third-order valence-electron chi connectivity index (χ3n) is 4.76. The van der Waals surface area contributed by atoms with E-state index in [1.165, 1.54) is 0 Å². The number of carbonyl (C=O) groups excluding carboxylic acids is 2. The molecule has 2 rings (SSSR count). The Balaban J connectivity index is 1.93. The van der Waals surface area contributed by atoms with Crippen molar-refractivity contribution in [3.63, 3.8) is 0 Å². The summed E-state index contributed by atoms with van der Waals surface area (Å²) in [5.41, 5.74) is 5.37. The minimum absolute atomic E-state index is 0.0146. The number of ether oxygens (including phenoxy) is 2. The number of hydrogen-bond donors (Lipinski definition) is 3. The molecular formula is C21H28F2N4O4. The fraction of sp³-hybridized carbons (Fsp3) is 0.476. The Morgan fingerprint density at radius 3 is 2.65 bits per heavy atom. The van der Waals surface area contributed by atoms with E-state index in [4.69, 9.17) is 20.6 Å². The number of ketones is 1. The van der Waals surface area contributed by atoms with Crippen LogP contribution in [-0.2, 0) is 14.3 Å². The molecule has 31 heavy (non-hydrogen) atoms. The molecule has 1 aromatic rings. The number of esters is 1. The second kappa shape index (κ2) is 12.1. The molecule has 0 aromatic heterocycles. The first-order valence-corrected chi connectivity index (χ1v) is 10.1. The van der Waals surface area contributed by atoms with Crippen LogP contribution in [0.25, 0.3) is 0 Å². The van der Waals surface area contributed by atoms with Gasteiger partial charge in [0.15, 0.2) is 6.61 Å². The summed E-state index contributed by atoms with van der Waals surface area (Å²) in [5, 5.41) is 10.9. The molecule has 1 heterocycles. The highest BCUT2D eigenvalue weighted by atomic mass is 19.1. The van der Waals surface area contributed by atoms with Crippen molar-refractivity contribution in [2.75, 3.05) is 46.0 Å². The molecule has 1 aliphatic rings. The van der Waals surface area contributed by atoms with Gasteiger partial charge in [-0.25, -0.2) is 13.6 Å². The van der Waals surface area contributed by atoms with Crippen LogP contribution in [0.15, 0.2) is 29.6 Å². The molecule has 1 aliphatic heterocycles. The number of carbonyl (C=O) groups is 2. The van der Waals surface area contributed by atoms with E-state index in [1.54, 1.807) is 6.92 Å². The van der Waals surface area contributed by atoms with E-state index in [0.717, 1.165) is 38.2 Å². The van der Waals surface area contributed by atoms with E-state index in [1.807, 2.05) is 0 Å². The maximum absolute atomic E-state index is 13.7. The summed E-state index contributed by atoms with van der Waals surface area (Å²) in [7, 11) is 0. The minimum Gasteiger partial charge on any atom is -0.454 e. The first-order chi connectivity index (χ1) is 14.8. The number of benzene rings is 1. The van der Waals surface area contributed by atoms with Gasteiger partial charge in [-0.2, -0.15) is 0 Å². The van der Waals surface area contributed by atoms with Crippen LogP contribution in [0.2, 0.25) is 0 Å². The van der Waals surface area contributed by atoms with Gasteiger partial charge in [0.2, 0.25) is 5.78 Å². The molecule has 0 spiro atoms. The Labute approximate surface area is 179 Å². The van der Waals surface area contributed by atoms with E-state index < -0.39 is 30.0 Å². The topological polar surface area (TPSA) is 118 Å². The molecule has 10 heteroatoms. The van der Waals surface area contributed by atoms with Crippen molar-refractivity contribution in [1.29, 1.82) is 5.41 Å². The maximum Gasteiger partial charge on any atom is 0.344 e. The molecule has 0 aliphatic carbocycles. The van der Waals surface area contributed by atoms with E-state index in [0.29, 0.717) is 25.8 Å². The van der Waals surface area contributed by atoms with Gasteiger partial charge in [-0.15, -0.1) is 0 Å². The zero-order valence-corrected chi connectivity index (χ0v) is 17.5. The molecule has 0 unspecified atom stereocenters. The summed E-state index contributed by atoms with van der Waals surface area (Å²) >= 11 is 0. The third-order valence-corrected chi connectivity index (χ3v) is 4.76. The predicted molar refractivity (Wildman–Crippen MR) is 111 cm³/mol. The van der Waals surface area contributed by atoms with Crippen LogP contribution in [0.1, 0.15) is 30.1 Å². The van der Waals surface area contributed by atoms with E-state index in [2.05, 4.69) is 10.2 Å². The molecule has 0 bridgehead atoms. The average molecular weight is 438 g/mol. The number of nitrogens with zero attached hydrogens (tertiary/aromatic N) is 1. The maximum atomic E-state index is 13.7. The van der Waals surface area contributed by atoms with Gasteiger partial charge >= 0.3 is 5.97 Å². The molecule has 1 saturated heterocycles. The smallest absolute Gasteiger partial charge is 0.344 e. The Bertz CT molecular complexity index is 839. The van der Waals surface area contributed by atoms with Crippen LogP contribution in [0, 0.1) is 17.0 Å². The van der Waals surface area contributed by atoms with Crippen molar-refractivity contribution in [1.82, 2.24) is 10.2 Å². The molecule has 0 atom stereocenters. The number of morpholine rings is 1. The summed E-state index contributed by atoms with van der Waals surface area (Å²) in [6, 6.07) is 2.50. The lowest BCUT2D eigenvalue weighted by atomic mass is 10.1. The number of nitrogens with one attached hydrogen (secondary N) is 2. The molecule has 4 N–H and O–H groups in total. The first kappa shape index (κ1) is 24.4. The van der Waals surface area contributed by atoms with E-state index in [-0.39, 0.29) is 29.1 Å². The predicted octanol–water partition coefficient (Wildman–Crippen LogP) is 1.60. The fourth-order valence-electron chi connectivity index (χ4n) is 3.01. The lowest BCUT2D eigenvalue weighted by molar-refractivity contribution is -0.137. The number of halogens is 2. The quantitative estimate of drug-likeness (QED) is 0.158. The van der Waals surface area contributed by atoms with Crippen molar-refractivity contribution in [2.45, 2.75) is 19.8 Å². The van der Waals surface area contributed by atoms with Crippen LogP contribution < -0.4 is 11.1 Å². The van der Waals surface area contributed by atoms with E-state index in [9.17, 15) is 18.4 Å². The molecule has 170 valence electrons. The molecule has 1 aromatic carbocycles. The summed E-state index contributed by atoms with van der Waals surface area (Å²) < 4.78 is 37.0. The van der Waals surface area contributed by atoms with Crippen molar-refractivity contribution < 1.29 is 27.8 Å². The third kappa shape index (κ3) is 7.41. The van der Waals surface area contributed by atoms with Gasteiger partial charge in [0, 0.05) is 31.4 Å². The fourth-order valence-corrected chi connectivity index (χ4v) is 3.01. The first-order valence-electron chi connectivity index (χ1n) is 10.1. The SMILES string of the molecule is CCC(=N)/C(C(=O)OCC(=O)c1ccc(F)cc1F)=C(/N)NCCCN1CCOCC1. The molecule has 0 amide bonds. The Hall–Kier alpha value is -2.85. The summed E-state index contributed by atoms with van der Waals surface area (Å²) in [4.78, 5) is 26.8. The lowest BCUT2D eigenvalue weighted by Gasteiger charge is -2.26. The highest BCUT2D eigenvalue weighted by Gasteiger charge is 2.22. The normalized spacial score (nSPS) is 15.2. The monoisotopic (exact) mass is 438 g/mol. The van der Waals surface area contributed by atoms with Gasteiger partial charge in [-0.1, -0.05) is 6.92 Å². The zero-order chi connectivity index (χ0) is 22.8. The average Bonchev–Trinajstić information content (AvgIpc) is 2.75. The number of nitrogens with two attached hydrogens (primary N) is 1. The Morgan fingerprint density at radius 1 is 1.29 bits per heavy atom. The van der Waals surface area contributed by atoms with Gasteiger partial charge in [-0.05, 0) is 31.5 Å². The summed E-state index contributed by atoms with van der Waals surface area (Å²) in [6.45, 7) is 5.40. The van der Waals surface area contributed by atoms with Crippen LogP contribution in [-0.4, -0.2) is 68.4 Å². The molecule has 0 radical (unpaired) electrons. The highest BCUT2D eigenvalue weighted by Crippen LogP contribution is 2.12. The largest absolute Gasteiger partial charge is 0.454 e. The second-order valence-electron chi connectivity index (χ2n) is 6.98. The van der Waals surface area contributed by atoms with Gasteiger partial charge in [0.25, 0.3) is 0 Å². The van der Waals surface area contributed by atoms with Crippen LogP contribution in [0.5, 0.6) is 0 Å². The Kier molecular flexibility index (Phi) is 9.54. The van der Waals surface area contributed by atoms with Crippen LogP contribution >= 0.6 is 0 Å². The van der Waals surface area contributed by atoms with Crippen molar-refractivity contribution in [3.05, 3.63) is 46.8 Å². The van der Waals surface area contributed by atoms with E-state index >= 15 is 0 Å². The summed E-state index contributed by atoms with van der Waals surface area (Å²) in [6.07, 6.45) is 0.992.